The number of phosphoric acid groups is 4. The normalized spacial score (nSPS) is 20.4. The Hall–Kier alpha value is -7.13. The van der Waals surface area contributed by atoms with Crippen LogP contribution in [0.3, 0.4) is 0 Å². The number of likely N-dealkylation sites (N-methyl/N-ethyl adjacent to an activating group) is 1. The molecule has 42 nitrogen and oxygen atoms in total. The first-order valence-electron chi connectivity index (χ1n) is 37.3. The van der Waals surface area contributed by atoms with Crippen LogP contribution in [-0.4, -0.2) is 203 Å². The summed E-state index contributed by atoms with van der Waals surface area (Å²) in [5.74, 6) is 4.39. The van der Waals surface area contributed by atoms with Crippen LogP contribution in [-0.2, 0) is 101 Å². The van der Waals surface area contributed by atoms with E-state index in [1.165, 1.54) is 44.5 Å². The number of phosphoric ester groups is 2. The highest BCUT2D eigenvalue weighted by Gasteiger charge is 2.47. The van der Waals surface area contributed by atoms with E-state index in [1.807, 2.05) is 62.4 Å². The van der Waals surface area contributed by atoms with Crippen molar-refractivity contribution >= 4 is 133 Å². The van der Waals surface area contributed by atoms with Gasteiger partial charge in [0, 0.05) is 134 Å². The number of benzene rings is 2. The molecular formula is C71H99N12O30P4S4+. The van der Waals surface area contributed by atoms with Crippen molar-refractivity contribution in [1.82, 2.24) is 44.9 Å². The second-order valence-electron chi connectivity index (χ2n) is 28.6. The first kappa shape index (κ1) is 99.3. The van der Waals surface area contributed by atoms with Gasteiger partial charge in [-0.15, -0.1) is 4.33 Å². The number of unbranched alkanes of at least 4 members (excludes halogenated alkanes) is 4. The molecule has 5 aromatic rings. The number of nitrogens with two attached hydrogens (primary N) is 1. The molecule has 3 aromatic heterocycles. The van der Waals surface area contributed by atoms with Crippen LogP contribution in [0.1, 0.15) is 142 Å². The Morgan fingerprint density at radius 3 is 2.12 bits per heavy atom. The maximum atomic E-state index is 13.9. The lowest BCUT2D eigenvalue weighted by molar-refractivity contribution is -0.438. The molecule has 2 fully saturated rings. The highest BCUT2D eigenvalue weighted by Crippen LogP contribution is 2.66. The fourth-order valence-electron chi connectivity index (χ4n) is 13.8. The van der Waals surface area contributed by atoms with Gasteiger partial charge < -0.3 is 85.5 Å². The van der Waals surface area contributed by atoms with Gasteiger partial charge in [-0.3, -0.25) is 46.7 Å². The summed E-state index contributed by atoms with van der Waals surface area (Å²) < 4.78 is 119. The number of anilines is 2. The molecule has 7 heterocycles. The van der Waals surface area contributed by atoms with Crippen LogP contribution >= 0.6 is 64.9 Å². The van der Waals surface area contributed by atoms with E-state index in [9.17, 15) is 80.0 Å². The van der Waals surface area contributed by atoms with Crippen molar-refractivity contribution < 1.29 is 136 Å². The van der Waals surface area contributed by atoms with Gasteiger partial charge in [-0.1, -0.05) is 84.4 Å². The van der Waals surface area contributed by atoms with E-state index < -0.39 is 137 Å². The number of hydrogen-bond acceptors (Lipinski definition) is 30. The minimum atomic E-state index is -5.82. The van der Waals surface area contributed by atoms with Gasteiger partial charge in [0.25, 0.3) is 15.7 Å². The summed E-state index contributed by atoms with van der Waals surface area (Å²) in [5.41, 5.74) is 9.42. The van der Waals surface area contributed by atoms with Crippen LogP contribution in [0.25, 0.3) is 11.0 Å². The summed E-state index contributed by atoms with van der Waals surface area (Å²) in [7, 11) is -24.0. The van der Waals surface area contributed by atoms with E-state index in [-0.39, 0.29) is 110 Å². The summed E-state index contributed by atoms with van der Waals surface area (Å²) in [6.07, 6.45) is 8.81. The zero-order valence-corrected chi connectivity index (χ0v) is 72.2. The van der Waals surface area contributed by atoms with Crippen LogP contribution in [0, 0.1) is 11.8 Å². The maximum absolute atomic E-state index is 13.9. The predicted molar refractivity (Wildman–Crippen MR) is 443 cm³/mol. The van der Waals surface area contributed by atoms with Gasteiger partial charge in [0.15, 0.2) is 5.71 Å². The molecule has 4 aliphatic rings. The van der Waals surface area contributed by atoms with Gasteiger partial charge in [0.2, 0.25) is 29.3 Å². The van der Waals surface area contributed by atoms with Gasteiger partial charge in [-0.25, -0.2) is 38.3 Å². The number of aliphatic hydroxyl groups excluding tert-OH is 2. The quantitative estimate of drug-likeness (QED) is 0.00201. The lowest BCUT2D eigenvalue weighted by Crippen LogP contribution is -2.48. The standard InChI is InChI=1S/C70H94N12O30P4S4.CH4/c1-6-78-50-24-22-45(119-110-109-91)35-47(50)69(2,3)56(78)18-10-7-11-19-57-70(4,5)48-36-46(120(102,103)104)23-25-51(48)79(57)31-15-9-13-21-60(87)77-49(67(89)74-28-14-8-12-20-58(85)73-30-33-80-61(88)26-32-81(68(80)90)62-37-52(83)54(107-62)40-105-113(92,93)94)42-118-117-34-27-59(86)72-29-16-17-44-39-82(66-64(44)65(71)75-43-76-66)63-38-53(84)55(108-63)41-106-115(98,99)112-116(100,101)111-114(95,96)97;/h7,10-11,18-19,22-26,32,35-36,39,43,49,52-55,62-63,83-84H,6,8-9,12-15,20-21,27-31,33-34,37-38,40-42H2,1-5H3,(H13-,71,72,73,74,75,76,77,85,86,87,89,91,92,93,94,95,96,97,98,99,100,101,102,103,104);1H4/p+1. The number of nitrogen functional groups attached to an aromatic ring is 1. The molecule has 121 heavy (non-hydrogen) atoms. The van der Waals surface area contributed by atoms with Gasteiger partial charge in [-0.2, -0.15) is 21.6 Å². The predicted octanol–water partition coefficient (Wildman–Crippen LogP) is 6.07. The number of aromatic nitrogens is 5. The van der Waals surface area contributed by atoms with Crippen molar-refractivity contribution in [1.29, 1.82) is 0 Å². The van der Waals surface area contributed by atoms with E-state index in [1.54, 1.807) is 6.07 Å². The number of amides is 4. The van der Waals surface area contributed by atoms with Crippen LogP contribution in [0.2, 0.25) is 0 Å². The molecular weight excluding hydrogens is 1750 g/mol. The number of allylic oxidation sites excluding steroid dienone is 6. The van der Waals surface area contributed by atoms with Crippen molar-refractivity contribution in [3.8, 4) is 11.8 Å². The number of ether oxygens (including phenoxy) is 2. The first-order valence-corrected chi connectivity index (χ1v) is 48.0. The highest BCUT2D eigenvalue weighted by molar-refractivity contribution is 8.76. The summed E-state index contributed by atoms with van der Waals surface area (Å²) in [5, 5.41) is 45.1. The number of hydrogen-bond donors (Lipinski definition) is 15. The Kier molecular flexibility index (Phi) is 35.8. The molecule has 0 spiro atoms. The number of aliphatic hydroxyl groups is 2. The zero-order valence-electron chi connectivity index (χ0n) is 65.3. The lowest BCUT2D eigenvalue weighted by atomic mass is 9.81. The molecule has 0 aliphatic carbocycles. The van der Waals surface area contributed by atoms with Crippen LogP contribution in [0.15, 0.2) is 117 Å². The highest BCUT2D eigenvalue weighted by atomic mass is 33.1. The lowest BCUT2D eigenvalue weighted by Gasteiger charge is -2.25. The van der Waals surface area contributed by atoms with Gasteiger partial charge in [0.1, 0.15) is 55.0 Å². The first-order chi connectivity index (χ1) is 56.5. The number of rotatable bonds is 44. The van der Waals surface area contributed by atoms with Gasteiger partial charge in [0.05, 0.1) is 65.3 Å². The number of fused-ring (bicyclic) bond motifs is 3. The third-order valence-corrected chi connectivity index (χ3v) is 27.6. The average molecular weight is 1850 g/mol. The number of nitrogens with zero attached hydrogens (tertiary/aromatic N) is 7. The summed E-state index contributed by atoms with van der Waals surface area (Å²) in [6, 6.07) is 10.4. The van der Waals surface area contributed by atoms with Crippen LogP contribution in [0.5, 0.6) is 0 Å². The summed E-state index contributed by atoms with van der Waals surface area (Å²) >= 11 is 0.880. The molecule has 666 valence electrons. The summed E-state index contributed by atoms with van der Waals surface area (Å²) in [4.78, 5) is 146. The van der Waals surface area contributed by atoms with Crippen molar-refractivity contribution in [2.45, 2.75) is 183 Å². The molecule has 16 N–H and O–H groups in total. The Balaban J connectivity index is 0.0000182. The molecule has 4 amide bonds. The number of carbonyl (C=O) groups excluding carboxylic acids is 4. The molecule has 0 radical (unpaired) electrons. The van der Waals surface area contributed by atoms with E-state index in [0.717, 1.165) is 73.0 Å². The fraction of sp³-hybridized carbons (Fsp3) is 0.507. The van der Waals surface area contributed by atoms with E-state index in [4.69, 9.17) is 40.0 Å². The van der Waals surface area contributed by atoms with Crippen LogP contribution < -0.4 is 43.1 Å². The Labute approximate surface area is 707 Å². The van der Waals surface area contributed by atoms with E-state index in [2.05, 4.69) is 100 Å². The van der Waals surface area contributed by atoms with Crippen molar-refractivity contribution in [3.05, 3.63) is 135 Å². The average Bonchev–Trinajstić information content (AvgIpc) is 1.59. The monoisotopic (exact) mass is 1850 g/mol. The van der Waals surface area contributed by atoms with Crippen LogP contribution in [0.4, 0.5) is 17.2 Å². The Morgan fingerprint density at radius 2 is 1.45 bits per heavy atom. The zero-order chi connectivity index (χ0) is 87.7. The largest absolute Gasteiger partial charge is 0.490 e. The minimum absolute atomic E-state index is 0. The summed E-state index contributed by atoms with van der Waals surface area (Å²) in [6.45, 7) is 9.44. The second-order valence-corrected chi connectivity index (χ2v) is 39.1. The Morgan fingerprint density at radius 1 is 0.769 bits per heavy atom. The molecule has 4 aliphatic heterocycles. The molecule has 9 atom stereocenters. The smallest absolute Gasteiger partial charge is 0.390 e. The van der Waals surface area contributed by atoms with E-state index in [0.29, 0.717) is 57.2 Å². The third-order valence-electron chi connectivity index (χ3n) is 19.5. The number of nitrogens with one attached hydrogen (secondary N) is 4. The topological polar surface area (TPSA) is 602 Å². The third kappa shape index (κ3) is 27.7. The van der Waals surface area contributed by atoms with Crippen molar-refractivity contribution in [2.24, 2.45) is 0 Å². The molecule has 9 unspecified atom stereocenters. The molecule has 50 heteroatoms. The van der Waals surface area contributed by atoms with Gasteiger partial charge in [-0.05, 0) is 88.4 Å². The van der Waals surface area contributed by atoms with E-state index >= 15 is 0 Å². The fourth-order valence-corrected chi connectivity index (χ4v) is 20.2. The molecule has 2 saturated heterocycles. The molecule has 2 aromatic carbocycles. The van der Waals surface area contributed by atoms with Crippen molar-refractivity contribution in [3.63, 3.8) is 0 Å². The molecule has 9 rings (SSSR count). The molecule has 0 bridgehead atoms. The SMILES string of the molecule is C.CCN1C(=CC=CC=CC2=[N+](CCCCCC(=O)NC(CSSCCC(=O)NCC#Cc3cn(C4CC(O)C(COP(=O)(O)OP(=O)(O)OP(=O)(O)O)O4)c4ncnc(N)c34)C(=O)NCCCCCC(=O)NCCn3c(=O)ccn(C4CC(O)C(COP(=O)(O)O)O4)c3=O)c3ccc(S(=O)(=O)O)cc3C2(C)C)C(C)(C)c2cc(SOOO)ccc21. The minimum Gasteiger partial charge on any atom is -0.390 e. The van der Waals surface area contributed by atoms with Gasteiger partial charge >= 0.3 is 37.0 Å². The second kappa shape index (κ2) is 43.7. The molecule has 0 saturated carbocycles. The Bertz CT molecular complexity index is 5220. The maximum Gasteiger partial charge on any atom is 0.490 e. The van der Waals surface area contributed by atoms with Crippen molar-refractivity contribution in [2.75, 3.05) is 68.1 Å². The number of carbonyl (C=O) groups is 4.